The number of hydrogen-bond acceptors (Lipinski definition) is 4. The van der Waals surface area contributed by atoms with Crippen molar-refractivity contribution in [2.75, 3.05) is 18.5 Å². The first kappa shape index (κ1) is 13.7. The highest BCUT2D eigenvalue weighted by Gasteiger charge is 1.97. The van der Waals surface area contributed by atoms with E-state index in [1.54, 1.807) is 6.92 Å². The van der Waals surface area contributed by atoms with Crippen LogP contribution in [0.4, 0.5) is 5.82 Å². The number of aromatic amines is 1. The van der Waals surface area contributed by atoms with Gasteiger partial charge in [-0.2, -0.15) is 0 Å². The van der Waals surface area contributed by atoms with Crippen LogP contribution in [0.25, 0.3) is 0 Å². The molecule has 0 atom stereocenters. The first-order valence-electron chi connectivity index (χ1n) is 6.01. The highest BCUT2D eigenvalue weighted by Crippen LogP contribution is 2.00. The van der Waals surface area contributed by atoms with Crippen LogP contribution in [0.1, 0.15) is 32.5 Å². The van der Waals surface area contributed by atoms with Gasteiger partial charge in [0, 0.05) is 19.2 Å². The van der Waals surface area contributed by atoms with Crippen LogP contribution in [0.15, 0.2) is 10.9 Å². The van der Waals surface area contributed by atoms with Crippen LogP contribution in [0, 0.1) is 6.92 Å². The SMILES string of the molecule is Cc1nc(NCCCCOC(C)C)cc(=O)[nH]1. The molecule has 0 saturated heterocycles. The Morgan fingerprint density at radius 1 is 1.47 bits per heavy atom. The standard InChI is InChI=1S/C12H21N3O2/c1-9(2)17-7-5-4-6-13-11-8-12(16)15-10(3)14-11/h8-9H,4-7H2,1-3H3,(H2,13,14,15,16). The first-order valence-corrected chi connectivity index (χ1v) is 6.01. The van der Waals surface area contributed by atoms with E-state index in [4.69, 9.17) is 4.74 Å². The number of rotatable bonds is 7. The highest BCUT2D eigenvalue weighted by molar-refractivity contribution is 5.32. The molecule has 0 aliphatic heterocycles. The smallest absolute Gasteiger partial charge is 0.252 e. The van der Waals surface area contributed by atoms with E-state index in [1.807, 2.05) is 13.8 Å². The van der Waals surface area contributed by atoms with Crippen molar-refractivity contribution in [3.63, 3.8) is 0 Å². The number of nitrogens with one attached hydrogen (secondary N) is 2. The molecule has 0 aliphatic carbocycles. The molecular formula is C12H21N3O2. The summed E-state index contributed by atoms with van der Waals surface area (Å²) in [6.45, 7) is 7.41. The normalized spacial score (nSPS) is 10.8. The Morgan fingerprint density at radius 2 is 2.24 bits per heavy atom. The number of aryl methyl sites for hydroxylation is 1. The first-order chi connectivity index (χ1) is 8.08. The molecule has 17 heavy (non-hydrogen) atoms. The van der Waals surface area contributed by atoms with Crippen LogP contribution in [0.2, 0.25) is 0 Å². The third kappa shape index (κ3) is 6.06. The molecule has 0 spiro atoms. The van der Waals surface area contributed by atoms with Gasteiger partial charge in [-0.15, -0.1) is 0 Å². The minimum atomic E-state index is -0.122. The van der Waals surface area contributed by atoms with Crippen molar-refractivity contribution in [2.24, 2.45) is 0 Å². The fourth-order valence-electron chi connectivity index (χ4n) is 1.43. The maximum absolute atomic E-state index is 11.2. The van der Waals surface area contributed by atoms with Gasteiger partial charge in [0.1, 0.15) is 11.6 Å². The summed E-state index contributed by atoms with van der Waals surface area (Å²) in [5.74, 6) is 1.26. The molecule has 0 radical (unpaired) electrons. The summed E-state index contributed by atoms with van der Waals surface area (Å²) in [7, 11) is 0. The van der Waals surface area contributed by atoms with Crippen molar-refractivity contribution in [3.8, 4) is 0 Å². The van der Waals surface area contributed by atoms with E-state index < -0.39 is 0 Å². The lowest BCUT2D eigenvalue weighted by atomic mass is 10.3. The number of nitrogens with zero attached hydrogens (tertiary/aromatic N) is 1. The van der Waals surface area contributed by atoms with Gasteiger partial charge in [0.2, 0.25) is 0 Å². The van der Waals surface area contributed by atoms with Crippen molar-refractivity contribution >= 4 is 5.82 Å². The Hall–Kier alpha value is -1.36. The lowest BCUT2D eigenvalue weighted by Crippen LogP contribution is -2.13. The molecule has 0 aliphatic rings. The number of hydrogen-bond donors (Lipinski definition) is 2. The number of aromatic nitrogens is 2. The molecule has 0 fully saturated rings. The van der Waals surface area contributed by atoms with E-state index in [1.165, 1.54) is 6.07 Å². The summed E-state index contributed by atoms with van der Waals surface area (Å²) in [5, 5.41) is 3.13. The Morgan fingerprint density at radius 3 is 2.88 bits per heavy atom. The lowest BCUT2D eigenvalue weighted by Gasteiger charge is -2.08. The molecule has 0 unspecified atom stereocenters. The summed E-state index contributed by atoms with van der Waals surface area (Å²) in [4.78, 5) is 18.0. The molecule has 1 aromatic rings. The molecule has 0 aromatic carbocycles. The van der Waals surface area contributed by atoms with E-state index >= 15 is 0 Å². The Balaban J connectivity index is 2.20. The fraction of sp³-hybridized carbons (Fsp3) is 0.667. The van der Waals surface area contributed by atoms with Gasteiger partial charge in [0.05, 0.1) is 6.10 Å². The Labute approximate surface area is 102 Å². The van der Waals surface area contributed by atoms with Gasteiger partial charge in [-0.25, -0.2) is 4.98 Å². The number of anilines is 1. The molecule has 96 valence electrons. The summed E-state index contributed by atoms with van der Waals surface area (Å²) >= 11 is 0. The summed E-state index contributed by atoms with van der Waals surface area (Å²) in [6, 6.07) is 1.47. The van der Waals surface area contributed by atoms with Crippen LogP contribution in [-0.4, -0.2) is 29.2 Å². The second-order valence-corrected chi connectivity index (χ2v) is 4.27. The number of ether oxygens (including phenoxy) is 1. The molecule has 0 saturated carbocycles. The van der Waals surface area contributed by atoms with Crippen LogP contribution in [0.3, 0.4) is 0 Å². The van der Waals surface area contributed by atoms with Crippen LogP contribution < -0.4 is 10.9 Å². The second kappa shape index (κ2) is 7.06. The summed E-state index contributed by atoms with van der Waals surface area (Å²) < 4.78 is 5.43. The third-order valence-corrected chi connectivity index (χ3v) is 2.19. The van der Waals surface area contributed by atoms with Gasteiger partial charge >= 0.3 is 0 Å². The van der Waals surface area contributed by atoms with E-state index in [9.17, 15) is 4.79 Å². The zero-order valence-corrected chi connectivity index (χ0v) is 10.7. The number of H-pyrrole nitrogens is 1. The monoisotopic (exact) mass is 239 g/mol. The quantitative estimate of drug-likeness (QED) is 0.711. The summed E-state index contributed by atoms with van der Waals surface area (Å²) in [5.41, 5.74) is -0.122. The van der Waals surface area contributed by atoms with Gasteiger partial charge in [0.15, 0.2) is 0 Å². The molecule has 5 nitrogen and oxygen atoms in total. The Kier molecular flexibility index (Phi) is 5.69. The van der Waals surface area contributed by atoms with Gasteiger partial charge in [-0.3, -0.25) is 4.79 Å². The van der Waals surface area contributed by atoms with Crippen LogP contribution in [0.5, 0.6) is 0 Å². The van der Waals surface area contributed by atoms with Gasteiger partial charge in [0.25, 0.3) is 5.56 Å². The average Bonchev–Trinajstić information content (AvgIpc) is 2.21. The van der Waals surface area contributed by atoms with Crippen molar-refractivity contribution in [1.29, 1.82) is 0 Å². The van der Waals surface area contributed by atoms with E-state index in [0.717, 1.165) is 26.0 Å². The van der Waals surface area contributed by atoms with Crippen LogP contribution >= 0.6 is 0 Å². The predicted molar refractivity (Wildman–Crippen MR) is 68.4 cm³/mol. The molecule has 1 aromatic heterocycles. The number of unbranched alkanes of at least 4 members (excludes halogenated alkanes) is 1. The molecular weight excluding hydrogens is 218 g/mol. The zero-order chi connectivity index (χ0) is 12.7. The van der Waals surface area contributed by atoms with Gasteiger partial charge in [-0.1, -0.05) is 0 Å². The van der Waals surface area contributed by atoms with Gasteiger partial charge in [-0.05, 0) is 33.6 Å². The molecule has 0 amide bonds. The Bertz CT molecular complexity index is 388. The van der Waals surface area contributed by atoms with Crippen molar-refractivity contribution in [2.45, 2.75) is 39.7 Å². The molecule has 0 bridgehead atoms. The summed E-state index contributed by atoms with van der Waals surface area (Å²) in [6.07, 6.45) is 2.30. The minimum Gasteiger partial charge on any atom is -0.379 e. The topological polar surface area (TPSA) is 67.0 Å². The van der Waals surface area contributed by atoms with Crippen molar-refractivity contribution in [1.82, 2.24) is 9.97 Å². The largest absolute Gasteiger partial charge is 0.379 e. The maximum Gasteiger partial charge on any atom is 0.252 e. The fourth-order valence-corrected chi connectivity index (χ4v) is 1.43. The lowest BCUT2D eigenvalue weighted by molar-refractivity contribution is 0.0765. The van der Waals surface area contributed by atoms with E-state index in [2.05, 4.69) is 15.3 Å². The highest BCUT2D eigenvalue weighted by atomic mass is 16.5. The van der Waals surface area contributed by atoms with E-state index in [0.29, 0.717) is 17.7 Å². The molecule has 1 heterocycles. The third-order valence-electron chi connectivity index (χ3n) is 2.19. The maximum atomic E-state index is 11.2. The molecule has 5 heteroatoms. The molecule has 2 N–H and O–H groups in total. The average molecular weight is 239 g/mol. The van der Waals surface area contributed by atoms with Gasteiger partial charge < -0.3 is 15.0 Å². The molecule has 1 rings (SSSR count). The van der Waals surface area contributed by atoms with Crippen molar-refractivity contribution < 1.29 is 4.74 Å². The van der Waals surface area contributed by atoms with E-state index in [-0.39, 0.29) is 5.56 Å². The van der Waals surface area contributed by atoms with Crippen molar-refractivity contribution in [3.05, 3.63) is 22.2 Å². The minimum absolute atomic E-state index is 0.122. The predicted octanol–water partition coefficient (Wildman–Crippen LogP) is 1.70. The zero-order valence-electron chi connectivity index (χ0n) is 10.7. The van der Waals surface area contributed by atoms with Crippen LogP contribution in [-0.2, 0) is 4.74 Å². The second-order valence-electron chi connectivity index (χ2n) is 4.27.